The van der Waals surface area contributed by atoms with Gasteiger partial charge in [-0.25, -0.2) is 0 Å². The summed E-state index contributed by atoms with van der Waals surface area (Å²) in [6.45, 7) is 2.49. The van der Waals surface area contributed by atoms with E-state index in [-0.39, 0.29) is 0 Å². The number of hydrogen-bond acceptors (Lipinski definition) is 3. The van der Waals surface area contributed by atoms with Crippen molar-refractivity contribution in [2.24, 2.45) is 5.92 Å². The first kappa shape index (κ1) is 11.1. The van der Waals surface area contributed by atoms with Crippen LogP contribution in [0.2, 0.25) is 0 Å². The number of aromatic nitrogens is 2. The van der Waals surface area contributed by atoms with E-state index < -0.39 is 0 Å². The number of ether oxygens (including phenoxy) is 2. The lowest BCUT2D eigenvalue weighted by molar-refractivity contribution is 0.167. The van der Waals surface area contributed by atoms with Crippen molar-refractivity contribution in [1.82, 2.24) is 9.78 Å². The molecule has 17 heavy (non-hydrogen) atoms. The van der Waals surface area contributed by atoms with Gasteiger partial charge in [-0.1, -0.05) is 12.8 Å². The molecule has 0 radical (unpaired) electrons. The van der Waals surface area contributed by atoms with Crippen molar-refractivity contribution in [3.05, 3.63) is 12.4 Å². The minimum atomic E-state index is 0.560. The third-order valence-electron chi connectivity index (χ3n) is 3.79. The summed E-state index contributed by atoms with van der Waals surface area (Å²) in [4.78, 5) is 0. The summed E-state index contributed by atoms with van der Waals surface area (Å²) < 4.78 is 13.2. The Kier molecular flexibility index (Phi) is 3.31. The fourth-order valence-corrected chi connectivity index (χ4v) is 2.69. The Morgan fingerprint density at radius 3 is 3.00 bits per heavy atom. The number of hydrogen-bond donors (Lipinski definition) is 0. The lowest BCUT2D eigenvalue weighted by Crippen LogP contribution is -2.11. The minimum Gasteiger partial charge on any atom is -0.490 e. The summed E-state index contributed by atoms with van der Waals surface area (Å²) in [5, 5.41) is 4.40. The molecule has 2 aliphatic rings. The van der Waals surface area contributed by atoms with Gasteiger partial charge in [-0.3, -0.25) is 4.68 Å². The molecule has 0 N–H and O–H groups in total. The van der Waals surface area contributed by atoms with Crippen molar-refractivity contribution in [2.45, 2.75) is 38.1 Å². The smallest absolute Gasteiger partial charge is 0.157 e. The summed E-state index contributed by atoms with van der Waals surface area (Å²) >= 11 is 0. The van der Waals surface area contributed by atoms with Gasteiger partial charge in [0.25, 0.3) is 0 Å². The average molecular weight is 236 g/mol. The zero-order valence-corrected chi connectivity index (χ0v) is 10.2. The summed E-state index contributed by atoms with van der Waals surface area (Å²) in [5.41, 5.74) is 0. The Morgan fingerprint density at radius 1 is 1.35 bits per heavy atom. The molecule has 1 atom stereocenters. The molecule has 94 valence electrons. The maximum Gasteiger partial charge on any atom is 0.157 e. The Bertz CT molecular complexity index is 352. The molecule has 2 fully saturated rings. The Balaban J connectivity index is 1.52. The maximum atomic E-state index is 5.77. The fourth-order valence-electron chi connectivity index (χ4n) is 2.69. The highest BCUT2D eigenvalue weighted by atomic mass is 16.5. The van der Waals surface area contributed by atoms with E-state index in [0.717, 1.165) is 32.0 Å². The lowest BCUT2D eigenvalue weighted by atomic mass is 10.1. The van der Waals surface area contributed by atoms with Crippen LogP contribution in [0.3, 0.4) is 0 Å². The molecule has 1 aromatic heterocycles. The topological polar surface area (TPSA) is 36.3 Å². The minimum absolute atomic E-state index is 0.560. The van der Waals surface area contributed by atoms with Crippen molar-refractivity contribution >= 4 is 0 Å². The van der Waals surface area contributed by atoms with E-state index in [1.807, 2.05) is 12.4 Å². The Morgan fingerprint density at radius 2 is 2.24 bits per heavy atom. The molecular formula is C13H20N2O2. The van der Waals surface area contributed by atoms with Crippen molar-refractivity contribution in [3.63, 3.8) is 0 Å². The van der Waals surface area contributed by atoms with Crippen LogP contribution in [0, 0.1) is 5.92 Å². The first-order chi connectivity index (χ1) is 8.42. The van der Waals surface area contributed by atoms with Gasteiger partial charge in [0.05, 0.1) is 31.6 Å². The van der Waals surface area contributed by atoms with E-state index in [4.69, 9.17) is 9.47 Å². The van der Waals surface area contributed by atoms with Gasteiger partial charge in [0, 0.05) is 12.5 Å². The second-order valence-corrected chi connectivity index (χ2v) is 5.13. The van der Waals surface area contributed by atoms with Crippen LogP contribution >= 0.6 is 0 Å². The van der Waals surface area contributed by atoms with Crippen LogP contribution in [0.5, 0.6) is 5.75 Å². The molecule has 3 rings (SSSR count). The van der Waals surface area contributed by atoms with Gasteiger partial charge in [0.15, 0.2) is 5.75 Å². The van der Waals surface area contributed by atoms with E-state index in [2.05, 4.69) is 9.78 Å². The summed E-state index contributed by atoms with van der Waals surface area (Å²) in [5.74, 6) is 1.47. The summed E-state index contributed by atoms with van der Waals surface area (Å²) in [7, 11) is 0. The van der Waals surface area contributed by atoms with E-state index in [9.17, 15) is 0 Å². The van der Waals surface area contributed by atoms with Gasteiger partial charge in [0.2, 0.25) is 0 Å². The number of nitrogens with zero attached hydrogens (tertiary/aromatic N) is 2. The van der Waals surface area contributed by atoms with Gasteiger partial charge >= 0.3 is 0 Å². The molecule has 0 spiro atoms. The normalized spacial score (nSPS) is 25.5. The van der Waals surface area contributed by atoms with Crippen LogP contribution in [-0.2, 0) is 4.74 Å². The van der Waals surface area contributed by atoms with Crippen molar-refractivity contribution in [3.8, 4) is 5.75 Å². The average Bonchev–Trinajstić information content (AvgIpc) is 3.09. The highest BCUT2D eigenvalue weighted by Crippen LogP contribution is 2.29. The summed E-state index contributed by atoms with van der Waals surface area (Å²) in [6.07, 6.45) is 10.2. The number of rotatable bonds is 4. The third kappa shape index (κ3) is 2.63. The van der Waals surface area contributed by atoms with Gasteiger partial charge < -0.3 is 9.47 Å². The van der Waals surface area contributed by atoms with Crippen LogP contribution in [0.4, 0.5) is 0 Å². The van der Waals surface area contributed by atoms with Crippen molar-refractivity contribution in [2.75, 3.05) is 19.8 Å². The largest absolute Gasteiger partial charge is 0.490 e. The van der Waals surface area contributed by atoms with Gasteiger partial charge in [-0.2, -0.15) is 5.10 Å². The highest BCUT2D eigenvalue weighted by molar-refractivity contribution is 5.12. The standard InChI is InChI=1S/C13H20N2O2/c1-2-4-12(3-1)15-8-13(7-14-15)17-10-11-5-6-16-9-11/h7-8,11-12H,1-6,9-10H2. The van der Waals surface area contributed by atoms with Gasteiger partial charge in [-0.15, -0.1) is 0 Å². The predicted octanol–water partition coefficient (Wildman–Crippen LogP) is 2.41. The second-order valence-electron chi connectivity index (χ2n) is 5.13. The van der Waals surface area contributed by atoms with Gasteiger partial charge in [0.1, 0.15) is 0 Å². The first-order valence-electron chi connectivity index (χ1n) is 6.66. The fraction of sp³-hybridized carbons (Fsp3) is 0.769. The molecule has 1 saturated carbocycles. The summed E-state index contributed by atoms with van der Waals surface area (Å²) in [6, 6.07) is 0.599. The van der Waals surface area contributed by atoms with Crippen molar-refractivity contribution < 1.29 is 9.47 Å². The van der Waals surface area contributed by atoms with Crippen LogP contribution < -0.4 is 4.74 Å². The molecule has 1 saturated heterocycles. The van der Waals surface area contributed by atoms with E-state index in [0.29, 0.717) is 12.0 Å². The molecule has 0 aromatic carbocycles. The first-order valence-corrected chi connectivity index (χ1v) is 6.66. The van der Waals surface area contributed by atoms with E-state index >= 15 is 0 Å². The lowest BCUT2D eigenvalue weighted by Gasteiger charge is -2.09. The Hall–Kier alpha value is -1.03. The molecule has 0 bridgehead atoms. The molecular weight excluding hydrogens is 216 g/mol. The molecule has 4 nitrogen and oxygen atoms in total. The monoisotopic (exact) mass is 236 g/mol. The molecule has 4 heteroatoms. The van der Waals surface area contributed by atoms with Crippen LogP contribution in [0.25, 0.3) is 0 Å². The van der Waals surface area contributed by atoms with Gasteiger partial charge in [-0.05, 0) is 19.3 Å². The van der Waals surface area contributed by atoms with E-state index in [1.165, 1.54) is 25.7 Å². The predicted molar refractivity (Wildman–Crippen MR) is 64.2 cm³/mol. The van der Waals surface area contributed by atoms with Crippen LogP contribution in [-0.4, -0.2) is 29.6 Å². The third-order valence-corrected chi connectivity index (χ3v) is 3.79. The highest BCUT2D eigenvalue weighted by Gasteiger charge is 2.19. The molecule has 1 aromatic rings. The molecule has 2 heterocycles. The Labute approximate surface area is 102 Å². The van der Waals surface area contributed by atoms with Crippen molar-refractivity contribution in [1.29, 1.82) is 0 Å². The molecule has 1 aliphatic carbocycles. The molecule has 0 amide bonds. The van der Waals surface area contributed by atoms with Crippen LogP contribution in [0.15, 0.2) is 12.4 Å². The SMILES string of the molecule is c1nn(C2CCCC2)cc1OCC1CCOC1. The molecule has 1 unspecified atom stereocenters. The van der Waals surface area contributed by atoms with E-state index in [1.54, 1.807) is 0 Å². The maximum absolute atomic E-state index is 5.77. The zero-order valence-electron chi connectivity index (χ0n) is 10.2. The zero-order chi connectivity index (χ0) is 11.5. The molecule has 1 aliphatic heterocycles. The van der Waals surface area contributed by atoms with Crippen LogP contribution in [0.1, 0.15) is 38.1 Å². The quantitative estimate of drug-likeness (QED) is 0.805. The second kappa shape index (κ2) is 5.08.